The van der Waals surface area contributed by atoms with Crippen LogP contribution in [0, 0.1) is 5.92 Å². The van der Waals surface area contributed by atoms with Crippen LogP contribution in [0.1, 0.15) is 29.5 Å². The number of esters is 1. The van der Waals surface area contributed by atoms with Gasteiger partial charge in [0.1, 0.15) is 24.3 Å². The number of ether oxygens (including phenoxy) is 2. The van der Waals surface area contributed by atoms with Crippen LogP contribution < -0.4 is 10.1 Å². The molecule has 0 bridgehead atoms. The van der Waals surface area contributed by atoms with E-state index < -0.39 is 29.8 Å². The molecule has 1 aliphatic carbocycles. The summed E-state index contributed by atoms with van der Waals surface area (Å²) < 4.78 is 10.9. The van der Waals surface area contributed by atoms with Gasteiger partial charge in [0.25, 0.3) is 0 Å². The maximum Gasteiger partial charge on any atom is 0.325 e. The molecule has 7 nitrogen and oxygen atoms in total. The predicted molar refractivity (Wildman–Crippen MR) is 130 cm³/mol. The summed E-state index contributed by atoms with van der Waals surface area (Å²) in [7, 11) is 1.55. The van der Waals surface area contributed by atoms with Gasteiger partial charge in [-0.25, -0.2) is 0 Å². The van der Waals surface area contributed by atoms with Crippen molar-refractivity contribution >= 4 is 17.8 Å². The third-order valence-corrected chi connectivity index (χ3v) is 6.28. The summed E-state index contributed by atoms with van der Waals surface area (Å²) in [5, 5.41) is 11.6. The molecule has 0 saturated heterocycles. The fraction of sp³-hybridized carbons (Fsp3) is 0.250. The van der Waals surface area contributed by atoms with E-state index in [2.05, 4.69) is 5.32 Å². The van der Waals surface area contributed by atoms with Gasteiger partial charge in [0.05, 0.1) is 7.11 Å². The number of hydrogen-bond acceptors (Lipinski definition) is 5. The normalized spacial score (nSPS) is 13.8. The smallest absolute Gasteiger partial charge is 0.325 e. The second-order valence-electron chi connectivity index (χ2n) is 8.53. The molecule has 0 aliphatic heterocycles. The lowest BCUT2D eigenvalue weighted by atomic mass is 9.96. The largest absolute Gasteiger partial charge is 0.497 e. The van der Waals surface area contributed by atoms with Gasteiger partial charge in [-0.3, -0.25) is 14.4 Å². The summed E-state index contributed by atoms with van der Waals surface area (Å²) in [6, 6.07) is 21.8. The Labute approximate surface area is 203 Å². The Hall–Kier alpha value is -4.13. The van der Waals surface area contributed by atoms with Crippen molar-refractivity contribution in [2.75, 3.05) is 13.7 Å². The van der Waals surface area contributed by atoms with Crippen LogP contribution in [-0.2, 0) is 25.5 Å². The Morgan fingerprint density at radius 3 is 2.03 bits per heavy atom. The first kappa shape index (κ1) is 24.0. The molecule has 0 saturated carbocycles. The minimum atomic E-state index is -1.20. The average molecular weight is 474 g/mol. The third kappa shape index (κ3) is 5.19. The zero-order chi connectivity index (χ0) is 24.9. The number of fused-ring (bicyclic) bond motifs is 3. The van der Waals surface area contributed by atoms with E-state index in [9.17, 15) is 19.5 Å². The predicted octanol–water partition coefficient (Wildman–Crippen LogP) is 3.80. The van der Waals surface area contributed by atoms with E-state index >= 15 is 0 Å². The first-order valence-electron chi connectivity index (χ1n) is 11.4. The molecular weight excluding hydrogens is 446 g/mol. The molecule has 7 heteroatoms. The Balaban J connectivity index is 1.53. The summed E-state index contributed by atoms with van der Waals surface area (Å²) in [5.41, 5.74) is 5.07. The Bertz CT molecular complexity index is 1190. The van der Waals surface area contributed by atoms with Crippen molar-refractivity contribution in [2.24, 2.45) is 5.92 Å². The van der Waals surface area contributed by atoms with Crippen molar-refractivity contribution < 1.29 is 29.0 Å². The van der Waals surface area contributed by atoms with E-state index in [0.29, 0.717) is 5.75 Å². The highest BCUT2D eigenvalue weighted by Gasteiger charge is 2.33. The van der Waals surface area contributed by atoms with Crippen LogP contribution in [0.25, 0.3) is 11.1 Å². The van der Waals surface area contributed by atoms with Crippen molar-refractivity contribution in [1.82, 2.24) is 5.32 Å². The van der Waals surface area contributed by atoms with Crippen molar-refractivity contribution in [3.8, 4) is 16.9 Å². The summed E-state index contributed by atoms with van der Waals surface area (Å²) in [6.45, 7) is 1.43. The first-order chi connectivity index (χ1) is 16.9. The standard InChI is InChI=1S/C28H27NO6/c1-17(27(31)32)29-26(30)24(15-18-11-13-19(34-2)14-12-18)28(33)35-16-25-22-9-5-3-7-20(22)21-8-4-6-10-23(21)25/h3-14,17,24-25H,15-16H2,1-2H3,(H,29,30)(H,31,32)/t17-,24?/m0/s1. The Morgan fingerprint density at radius 1 is 0.914 bits per heavy atom. The van der Waals surface area contributed by atoms with E-state index in [-0.39, 0.29) is 18.9 Å². The number of carboxylic acids is 1. The molecule has 3 aromatic rings. The molecule has 0 heterocycles. The van der Waals surface area contributed by atoms with Crippen LogP contribution in [0.2, 0.25) is 0 Å². The van der Waals surface area contributed by atoms with Crippen molar-refractivity contribution in [3.63, 3.8) is 0 Å². The van der Waals surface area contributed by atoms with Crippen LogP contribution >= 0.6 is 0 Å². The Morgan fingerprint density at radius 2 is 1.49 bits per heavy atom. The van der Waals surface area contributed by atoms with Gasteiger partial charge in [0.2, 0.25) is 5.91 Å². The van der Waals surface area contributed by atoms with E-state index in [1.165, 1.54) is 6.92 Å². The van der Waals surface area contributed by atoms with Crippen LogP contribution in [0.5, 0.6) is 5.75 Å². The summed E-state index contributed by atoms with van der Waals surface area (Å²) in [4.78, 5) is 37.4. The minimum absolute atomic E-state index is 0.0683. The molecule has 2 N–H and O–H groups in total. The second kappa shape index (κ2) is 10.4. The second-order valence-corrected chi connectivity index (χ2v) is 8.53. The average Bonchev–Trinajstić information content (AvgIpc) is 3.19. The molecule has 4 rings (SSSR count). The van der Waals surface area contributed by atoms with Crippen molar-refractivity contribution in [2.45, 2.75) is 25.3 Å². The molecular formula is C28H27NO6. The van der Waals surface area contributed by atoms with Crippen LogP contribution in [0.15, 0.2) is 72.8 Å². The number of nitrogens with one attached hydrogen (secondary N) is 1. The van der Waals surface area contributed by atoms with Crippen LogP contribution in [0.3, 0.4) is 0 Å². The Kier molecular flexibility index (Phi) is 7.15. The van der Waals surface area contributed by atoms with Gasteiger partial charge in [-0.15, -0.1) is 0 Å². The maximum absolute atomic E-state index is 13.2. The highest BCUT2D eigenvalue weighted by atomic mass is 16.5. The number of amides is 1. The summed E-state index contributed by atoms with van der Waals surface area (Å²) in [5.74, 6) is -3.26. The van der Waals surface area contributed by atoms with Gasteiger partial charge >= 0.3 is 11.9 Å². The zero-order valence-corrected chi connectivity index (χ0v) is 19.6. The van der Waals surface area contributed by atoms with Crippen molar-refractivity contribution in [3.05, 3.63) is 89.5 Å². The lowest BCUT2D eigenvalue weighted by Gasteiger charge is -2.20. The molecule has 0 spiro atoms. The van der Waals surface area contributed by atoms with Gasteiger partial charge in [-0.2, -0.15) is 0 Å². The lowest BCUT2D eigenvalue weighted by molar-refractivity contribution is -0.154. The first-order valence-corrected chi connectivity index (χ1v) is 11.4. The molecule has 2 atom stereocenters. The lowest BCUT2D eigenvalue weighted by Crippen LogP contribution is -2.45. The summed E-state index contributed by atoms with van der Waals surface area (Å²) >= 11 is 0. The molecule has 0 fully saturated rings. The van der Waals surface area contributed by atoms with E-state index in [1.807, 2.05) is 48.5 Å². The fourth-order valence-corrected chi connectivity index (χ4v) is 4.36. The van der Waals surface area contributed by atoms with Crippen LogP contribution in [0.4, 0.5) is 0 Å². The van der Waals surface area contributed by atoms with Gasteiger partial charge in [0, 0.05) is 5.92 Å². The molecule has 1 unspecified atom stereocenters. The van der Waals surface area contributed by atoms with E-state index in [1.54, 1.807) is 31.4 Å². The highest BCUT2D eigenvalue weighted by Crippen LogP contribution is 2.44. The fourth-order valence-electron chi connectivity index (χ4n) is 4.36. The molecule has 1 amide bonds. The van der Waals surface area contributed by atoms with E-state index in [4.69, 9.17) is 9.47 Å². The van der Waals surface area contributed by atoms with Gasteiger partial charge in [-0.1, -0.05) is 60.7 Å². The van der Waals surface area contributed by atoms with Crippen LogP contribution in [-0.4, -0.2) is 42.7 Å². The highest BCUT2D eigenvalue weighted by molar-refractivity contribution is 5.99. The quantitative estimate of drug-likeness (QED) is 0.362. The van der Waals surface area contributed by atoms with Gasteiger partial charge in [0.15, 0.2) is 0 Å². The van der Waals surface area contributed by atoms with Crippen molar-refractivity contribution in [1.29, 1.82) is 0 Å². The number of carboxylic acid groups (broad SMARTS) is 1. The molecule has 180 valence electrons. The number of methoxy groups -OCH3 is 1. The molecule has 1 aliphatic rings. The molecule has 35 heavy (non-hydrogen) atoms. The maximum atomic E-state index is 13.2. The topological polar surface area (TPSA) is 102 Å². The number of carbonyl (C=O) groups is 3. The van der Waals surface area contributed by atoms with Gasteiger partial charge < -0.3 is 19.9 Å². The number of benzene rings is 3. The molecule has 0 aromatic heterocycles. The molecule has 0 radical (unpaired) electrons. The minimum Gasteiger partial charge on any atom is -0.497 e. The number of hydrogen-bond donors (Lipinski definition) is 2. The number of rotatable bonds is 9. The summed E-state index contributed by atoms with van der Waals surface area (Å²) in [6.07, 6.45) is 0.0683. The SMILES string of the molecule is COc1ccc(CC(C(=O)N[C@@H](C)C(=O)O)C(=O)OCC2c3ccccc3-c3ccccc32)cc1. The number of aliphatic carboxylic acids is 1. The molecule has 3 aromatic carbocycles. The van der Waals surface area contributed by atoms with Gasteiger partial charge in [-0.05, 0) is 53.3 Å². The third-order valence-electron chi connectivity index (χ3n) is 6.28. The monoisotopic (exact) mass is 473 g/mol. The zero-order valence-electron chi connectivity index (χ0n) is 19.6. The number of carbonyl (C=O) groups excluding carboxylic acids is 2. The van der Waals surface area contributed by atoms with E-state index in [0.717, 1.165) is 27.8 Å².